The standard InChI is InChI=1S/C16H18N6O4/c1-2-3-8-22-13(18-19-20-22)10-26-14(23)9-21-12-7-5-4-6-11(12)15(24)17-16(21)25/h4-7H,2-3,8-10H2,1H3,(H,17,24,25). The molecular weight excluding hydrogens is 340 g/mol. The van der Waals surface area contributed by atoms with Gasteiger partial charge >= 0.3 is 11.7 Å². The van der Waals surface area contributed by atoms with Gasteiger partial charge in [0.1, 0.15) is 6.54 Å². The van der Waals surface area contributed by atoms with Crippen LogP contribution in [0.25, 0.3) is 10.9 Å². The monoisotopic (exact) mass is 358 g/mol. The molecule has 0 bridgehead atoms. The van der Waals surface area contributed by atoms with E-state index in [1.807, 2.05) is 0 Å². The summed E-state index contributed by atoms with van der Waals surface area (Å²) < 4.78 is 7.94. The third kappa shape index (κ3) is 3.68. The van der Waals surface area contributed by atoms with Crippen molar-refractivity contribution < 1.29 is 9.53 Å². The number of hydrogen-bond acceptors (Lipinski definition) is 7. The van der Waals surface area contributed by atoms with E-state index >= 15 is 0 Å². The fraction of sp³-hybridized carbons (Fsp3) is 0.375. The Labute approximate surface area is 147 Å². The summed E-state index contributed by atoms with van der Waals surface area (Å²) in [7, 11) is 0. The molecule has 3 aromatic rings. The van der Waals surface area contributed by atoms with Crippen LogP contribution in [0.5, 0.6) is 0 Å². The summed E-state index contributed by atoms with van der Waals surface area (Å²) in [5.74, 6) is -0.195. The molecule has 0 aliphatic rings. The number of esters is 1. The van der Waals surface area contributed by atoms with Gasteiger partial charge in [0.05, 0.1) is 10.9 Å². The third-order valence-corrected chi connectivity index (χ3v) is 3.88. The lowest BCUT2D eigenvalue weighted by atomic mass is 10.2. The predicted octanol–water partition coefficient (Wildman–Crippen LogP) is 0.220. The molecule has 136 valence electrons. The Morgan fingerprint density at radius 2 is 2.08 bits per heavy atom. The fourth-order valence-corrected chi connectivity index (χ4v) is 2.53. The highest BCUT2D eigenvalue weighted by atomic mass is 16.5. The SMILES string of the molecule is CCCCn1nnnc1COC(=O)Cn1c(=O)[nH]c(=O)c2ccccc21. The largest absolute Gasteiger partial charge is 0.456 e. The lowest BCUT2D eigenvalue weighted by Gasteiger charge is -2.09. The minimum Gasteiger partial charge on any atom is -0.456 e. The molecule has 0 atom stereocenters. The Kier molecular flexibility index (Phi) is 5.20. The summed E-state index contributed by atoms with van der Waals surface area (Å²) in [5.41, 5.74) is -0.797. The molecule has 0 saturated heterocycles. The number of para-hydroxylation sites is 1. The van der Waals surface area contributed by atoms with Crippen molar-refractivity contribution in [2.24, 2.45) is 0 Å². The molecule has 10 nitrogen and oxygen atoms in total. The van der Waals surface area contributed by atoms with Gasteiger partial charge in [-0.1, -0.05) is 25.5 Å². The van der Waals surface area contributed by atoms with Gasteiger partial charge in [-0.05, 0) is 29.0 Å². The normalized spacial score (nSPS) is 11.0. The molecule has 0 spiro atoms. The van der Waals surface area contributed by atoms with Crippen LogP contribution >= 0.6 is 0 Å². The summed E-state index contributed by atoms with van der Waals surface area (Å²) in [6.07, 6.45) is 1.89. The number of hydrogen-bond donors (Lipinski definition) is 1. The molecule has 0 aliphatic heterocycles. The Morgan fingerprint density at radius 3 is 2.88 bits per heavy atom. The lowest BCUT2D eigenvalue weighted by molar-refractivity contribution is -0.146. The van der Waals surface area contributed by atoms with Crippen LogP contribution in [0.15, 0.2) is 33.9 Å². The molecule has 3 rings (SSSR count). The van der Waals surface area contributed by atoms with Crippen LogP contribution < -0.4 is 11.2 Å². The van der Waals surface area contributed by atoms with Gasteiger partial charge in [0.25, 0.3) is 5.56 Å². The van der Waals surface area contributed by atoms with Crippen molar-refractivity contribution in [3.8, 4) is 0 Å². The van der Waals surface area contributed by atoms with Crippen molar-refractivity contribution in [2.45, 2.75) is 39.5 Å². The number of nitrogens with zero attached hydrogens (tertiary/aromatic N) is 5. The zero-order valence-electron chi connectivity index (χ0n) is 14.2. The van der Waals surface area contributed by atoms with Gasteiger partial charge < -0.3 is 4.74 Å². The maximum Gasteiger partial charge on any atom is 0.329 e. The van der Waals surface area contributed by atoms with Crippen molar-refractivity contribution in [1.82, 2.24) is 29.8 Å². The summed E-state index contributed by atoms with van der Waals surface area (Å²) in [6.45, 7) is 2.27. The summed E-state index contributed by atoms with van der Waals surface area (Å²) in [6, 6.07) is 6.55. The van der Waals surface area contributed by atoms with Gasteiger partial charge in [0.15, 0.2) is 12.4 Å². The van der Waals surface area contributed by atoms with Crippen LogP contribution in [0.2, 0.25) is 0 Å². The number of nitrogens with one attached hydrogen (secondary N) is 1. The van der Waals surface area contributed by atoms with E-state index in [1.54, 1.807) is 28.9 Å². The molecule has 0 unspecified atom stereocenters. The maximum absolute atomic E-state index is 12.2. The van der Waals surface area contributed by atoms with Gasteiger partial charge in [0, 0.05) is 6.54 Å². The zero-order chi connectivity index (χ0) is 18.5. The Balaban J connectivity index is 1.74. The van der Waals surface area contributed by atoms with Crippen molar-refractivity contribution in [3.05, 3.63) is 50.9 Å². The first-order valence-corrected chi connectivity index (χ1v) is 8.22. The highest BCUT2D eigenvalue weighted by Crippen LogP contribution is 2.07. The number of rotatable bonds is 7. The average molecular weight is 358 g/mol. The molecule has 0 aliphatic carbocycles. The van der Waals surface area contributed by atoms with Gasteiger partial charge in [-0.3, -0.25) is 19.1 Å². The molecule has 1 aromatic carbocycles. The molecule has 0 radical (unpaired) electrons. The number of tetrazole rings is 1. The van der Waals surface area contributed by atoms with Crippen molar-refractivity contribution in [2.75, 3.05) is 0 Å². The summed E-state index contributed by atoms with van der Waals surface area (Å²) >= 11 is 0. The second kappa shape index (κ2) is 7.72. The van der Waals surface area contributed by atoms with E-state index in [9.17, 15) is 14.4 Å². The number of H-pyrrole nitrogens is 1. The molecule has 0 amide bonds. The number of carbonyl (C=O) groups excluding carboxylic acids is 1. The molecule has 2 heterocycles. The van der Waals surface area contributed by atoms with Gasteiger partial charge in [0.2, 0.25) is 0 Å². The second-order valence-electron chi connectivity index (χ2n) is 5.70. The maximum atomic E-state index is 12.2. The van der Waals surface area contributed by atoms with E-state index in [-0.39, 0.29) is 13.2 Å². The molecule has 26 heavy (non-hydrogen) atoms. The predicted molar refractivity (Wildman–Crippen MR) is 91.3 cm³/mol. The summed E-state index contributed by atoms with van der Waals surface area (Å²) in [4.78, 5) is 38.2. The van der Waals surface area contributed by atoms with Crippen LogP contribution in [-0.4, -0.2) is 35.7 Å². The molecule has 10 heteroatoms. The molecule has 1 N–H and O–H groups in total. The second-order valence-corrected chi connectivity index (χ2v) is 5.70. The van der Waals surface area contributed by atoms with Crippen LogP contribution in [0.3, 0.4) is 0 Å². The van der Waals surface area contributed by atoms with E-state index in [1.165, 1.54) is 4.57 Å². The number of aromatic amines is 1. The lowest BCUT2D eigenvalue weighted by Crippen LogP contribution is -2.32. The first-order chi connectivity index (χ1) is 12.6. The number of ether oxygens (including phenoxy) is 1. The van der Waals surface area contributed by atoms with E-state index in [0.29, 0.717) is 23.3 Å². The van der Waals surface area contributed by atoms with Crippen LogP contribution in [0.1, 0.15) is 25.6 Å². The van der Waals surface area contributed by atoms with Gasteiger partial charge in [-0.25, -0.2) is 9.48 Å². The smallest absolute Gasteiger partial charge is 0.329 e. The number of benzene rings is 1. The first kappa shape index (κ1) is 17.5. The quantitative estimate of drug-likeness (QED) is 0.599. The molecule has 0 fully saturated rings. The van der Waals surface area contributed by atoms with Gasteiger partial charge in [-0.2, -0.15) is 0 Å². The third-order valence-electron chi connectivity index (χ3n) is 3.88. The highest BCUT2D eigenvalue weighted by Gasteiger charge is 2.13. The minimum absolute atomic E-state index is 0.0917. The number of fused-ring (bicyclic) bond motifs is 1. The van der Waals surface area contributed by atoms with Crippen LogP contribution in [-0.2, 0) is 29.2 Å². The topological polar surface area (TPSA) is 125 Å². The van der Waals surface area contributed by atoms with Crippen molar-refractivity contribution in [3.63, 3.8) is 0 Å². The zero-order valence-corrected chi connectivity index (χ0v) is 14.2. The molecule has 0 saturated carbocycles. The van der Waals surface area contributed by atoms with E-state index in [2.05, 4.69) is 27.4 Å². The van der Waals surface area contributed by atoms with Crippen LogP contribution in [0.4, 0.5) is 0 Å². The summed E-state index contributed by atoms with van der Waals surface area (Å²) in [5, 5.41) is 11.6. The molecule has 2 aromatic heterocycles. The fourth-order valence-electron chi connectivity index (χ4n) is 2.53. The highest BCUT2D eigenvalue weighted by molar-refractivity contribution is 5.79. The van der Waals surface area contributed by atoms with Crippen molar-refractivity contribution in [1.29, 1.82) is 0 Å². The number of carbonyl (C=O) groups is 1. The molecular formula is C16H18N6O4. The Morgan fingerprint density at radius 1 is 1.27 bits per heavy atom. The number of unbranched alkanes of at least 4 members (excludes halogenated alkanes) is 1. The van der Waals surface area contributed by atoms with Crippen molar-refractivity contribution >= 4 is 16.9 Å². The van der Waals surface area contributed by atoms with Gasteiger partial charge in [-0.15, -0.1) is 5.10 Å². The average Bonchev–Trinajstić information content (AvgIpc) is 3.09. The number of aromatic nitrogens is 6. The van der Waals surface area contributed by atoms with E-state index in [4.69, 9.17) is 4.74 Å². The minimum atomic E-state index is -0.668. The van der Waals surface area contributed by atoms with E-state index in [0.717, 1.165) is 12.8 Å². The Bertz CT molecular complexity index is 1030. The Hall–Kier alpha value is -3.30. The first-order valence-electron chi connectivity index (χ1n) is 8.22. The number of aryl methyl sites for hydroxylation is 1. The van der Waals surface area contributed by atoms with Crippen LogP contribution in [0, 0.1) is 0 Å². The van der Waals surface area contributed by atoms with E-state index < -0.39 is 17.2 Å².